The van der Waals surface area contributed by atoms with Gasteiger partial charge in [-0.1, -0.05) is 19.4 Å². The first kappa shape index (κ1) is 16.8. The lowest BCUT2D eigenvalue weighted by molar-refractivity contribution is -0.229. The lowest BCUT2D eigenvalue weighted by Crippen LogP contribution is -2.38. The van der Waals surface area contributed by atoms with Gasteiger partial charge < -0.3 is 9.47 Å². The third kappa shape index (κ3) is 4.10. The molecule has 23 heavy (non-hydrogen) atoms. The molecule has 2 nitrogen and oxygen atoms in total. The molecule has 1 saturated carbocycles. The van der Waals surface area contributed by atoms with Gasteiger partial charge in [0, 0.05) is 11.8 Å². The van der Waals surface area contributed by atoms with Gasteiger partial charge in [0.2, 0.25) is 0 Å². The lowest BCUT2D eigenvalue weighted by Gasteiger charge is -2.37. The predicted octanol–water partition coefficient (Wildman–Crippen LogP) is 5.03. The Hall–Kier alpha value is -1.00. The van der Waals surface area contributed by atoms with Crippen molar-refractivity contribution in [3.8, 4) is 0 Å². The molecule has 0 radical (unpaired) electrons. The number of hydrogen-bond donors (Lipinski definition) is 0. The van der Waals surface area contributed by atoms with E-state index in [1.54, 1.807) is 6.07 Å². The van der Waals surface area contributed by atoms with Crippen LogP contribution in [0.25, 0.3) is 0 Å². The standard InChI is InChI=1S/C19H26F2O2/c1-2-3-13-11-22-19(23-12-13)15-6-4-14(5-7-15)16-8-9-17(20)18(21)10-16/h8-10,13-15,19H,2-7,11-12H2,1H3. The summed E-state index contributed by atoms with van der Waals surface area (Å²) in [5, 5.41) is 0. The van der Waals surface area contributed by atoms with Crippen molar-refractivity contribution >= 4 is 0 Å². The molecule has 0 N–H and O–H groups in total. The molecule has 128 valence electrons. The fourth-order valence-electron chi connectivity index (χ4n) is 3.90. The molecule has 1 saturated heterocycles. The molecular weight excluding hydrogens is 298 g/mol. The summed E-state index contributed by atoms with van der Waals surface area (Å²) in [7, 11) is 0. The zero-order valence-electron chi connectivity index (χ0n) is 13.8. The second kappa shape index (κ2) is 7.71. The molecule has 1 aliphatic carbocycles. The minimum absolute atomic E-state index is 0.0750. The minimum atomic E-state index is -0.770. The first-order valence-corrected chi connectivity index (χ1v) is 8.85. The molecule has 0 aromatic heterocycles. The average molecular weight is 324 g/mol. The molecule has 0 unspecified atom stereocenters. The number of benzene rings is 1. The number of halogens is 2. The normalized spacial score (nSPS) is 32.0. The number of ether oxygens (including phenoxy) is 2. The van der Waals surface area contributed by atoms with Gasteiger partial charge in [0.15, 0.2) is 17.9 Å². The van der Waals surface area contributed by atoms with Crippen LogP contribution in [0, 0.1) is 23.5 Å². The maximum absolute atomic E-state index is 13.4. The summed E-state index contributed by atoms with van der Waals surface area (Å²) in [5.74, 6) is -0.231. The maximum atomic E-state index is 13.4. The van der Waals surface area contributed by atoms with Crippen molar-refractivity contribution in [3.63, 3.8) is 0 Å². The maximum Gasteiger partial charge on any atom is 0.160 e. The molecule has 0 bridgehead atoms. The SMILES string of the molecule is CCCC1COC(C2CCC(c3ccc(F)c(F)c3)CC2)OC1. The molecule has 1 aromatic rings. The molecule has 1 aromatic carbocycles. The highest BCUT2D eigenvalue weighted by Crippen LogP contribution is 2.39. The summed E-state index contributed by atoms with van der Waals surface area (Å²) < 4.78 is 38.3. The Kier molecular flexibility index (Phi) is 5.65. The molecular formula is C19H26F2O2. The van der Waals surface area contributed by atoms with Gasteiger partial charge in [0.1, 0.15) is 0 Å². The molecule has 0 atom stereocenters. The summed E-state index contributed by atoms with van der Waals surface area (Å²) in [6, 6.07) is 4.30. The van der Waals surface area contributed by atoms with Gasteiger partial charge in [0.25, 0.3) is 0 Å². The third-order valence-corrected chi connectivity index (χ3v) is 5.26. The molecule has 2 aliphatic rings. The van der Waals surface area contributed by atoms with Crippen molar-refractivity contribution in [1.82, 2.24) is 0 Å². The third-order valence-electron chi connectivity index (χ3n) is 5.26. The average Bonchev–Trinajstić information content (AvgIpc) is 2.59. The van der Waals surface area contributed by atoms with Crippen LogP contribution in [0.1, 0.15) is 56.9 Å². The first-order valence-electron chi connectivity index (χ1n) is 8.85. The van der Waals surface area contributed by atoms with Crippen molar-refractivity contribution in [2.75, 3.05) is 13.2 Å². The largest absolute Gasteiger partial charge is 0.352 e. The van der Waals surface area contributed by atoms with Crippen LogP contribution in [0.15, 0.2) is 18.2 Å². The number of rotatable bonds is 4. The van der Waals surface area contributed by atoms with E-state index in [0.29, 0.717) is 17.8 Å². The van der Waals surface area contributed by atoms with E-state index in [-0.39, 0.29) is 6.29 Å². The molecule has 1 heterocycles. The van der Waals surface area contributed by atoms with Crippen LogP contribution >= 0.6 is 0 Å². The summed E-state index contributed by atoms with van der Waals surface area (Å²) >= 11 is 0. The zero-order chi connectivity index (χ0) is 16.2. The Morgan fingerprint density at radius 1 is 1.00 bits per heavy atom. The van der Waals surface area contributed by atoms with Gasteiger partial charge in [-0.25, -0.2) is 8.78 Å². The monoisotopic (exact) mass is 324 g/mol. The van der Waals surface area contributed by atoms with Gasteiger partial charge in [-0.15, -0.1) is 0 Å². The summed E-state index contributed by atoms with van der Waals surface area (Å²) in [6.45, 7) is 3.80. The van der Waals surface area contributed by atoms with Gasteiger partial charge in [-0.3, -0.25) is 0 Å². The van der Waals surface area contributed by atoms with Crippen molar-refractivity contribution in [2.45, 2.75) is 57.7 Å². The van der Waals surface area contributed by atoms with E-state index in [2.05, 4.69) is 6.92 Å². The van der Waals surface area contributed by atoms with Gasteiger partial charge >= 0.3 is 0 Å². The van der Waals surface area contributed by atoms with Crippen molar-refractivity contribution in [2.24, 2.45) is 11.8 Å². The predicted molar refractivity (Wildman–Crippen MR) is 85.1 cm³/mol. The van der Waals surface area contributed by atoms with Crippen molar-refractivity contribution < 1.29 is 18.3 Å². The fourth-order valence-corrected chi connectivity index (χ4v) is 3.90. The highest BCUT2D eigenvalue weighted by Gasteiger charge is 2.32. The molecule has 0 spiro atoms. The van der Waals surface area contributed by atoms with E-state index < -0.39 is 11.6 Å². The highest BCUT2D eigenvalue weighted by atomic mass is 19.2. The van der Waals surface area contributed by atoms with E-state index >= 15 is 0 Å². The summed E-state index contributed by atoms with van der Waals surface area (Å²) in [6.07, 6.45) is 6.26. The summed E-state index contributed by atoms with van der Waals surface area (Å²) in [4.78, 5) is 0. The van der Waals surface area contributed by atoms with Gasteiger partial charge in [-0.2, -0.15) is 0 Å². The second-order valence-electron chi connectivity index (χ2n) is 6.98. The lowest BCUT2D eigenvalue weighted by atomic mass is 9.78. The quantitative estimate of drug-likeness (QED) is 0.773. The smallest absolute Gasteiger partial charge is 0.160 e. The van der Waals surface area contributed by atoms with Crippen LogP contribution in [0.5, 0.6) is 0 Å². The van der Waals surface area contributed by atoms with Crippen molar-refractivity contribution in [3.05, 3.63) is 35.4 Å². The fraction of sp³-hybridized carbons (Fsp3) is 0.684. The van der Waals surface area contributed by atoms with Crippen LogP contribution in [-0.4, -0.2) is 19.5 Å². The van der Waals surface area contributed by atoms with Crippen LogP contribution in [0.4, 0.5) is 8.78 Å². The Bertz CT molecular complexity index is 504. The molecule has 4 heteroatoms. The Labute approximate surface area is 137 Å². The molecule has 1 aliphatic heterocycles. The molecule has 2 fully saturated rings. The van der Waals surface area contributed by atoms with Crippen LogP contribution < -0.4 is 0 Å². The van der Waals surface area contributed by atoms with Crippen LogP contribution in [0.3, 0.4) is 0 Å². The number of hydrogen-bond acceptors (Lipinski definition) is 2. The van der Waals surface area contributed by atoms with Crippen LogP contribution in [-0.2, 0) is 9.47 Å². The molecule has 3 rings (SSSR count). The van der Waals surface area contributed by atoms with E-state index in [9.17, 15) is 8.78 Å². The topological polar surface area (TPSA) is 18.5 Å². The van der Waals surface area contributed by atoms with E-state index in [1.807, 2.05) is 0 Å². The second-order valence-corrected chi connectivity index (χ2v) is 6.98. The van der Waals surface area contributed by atoms with Gasteiger partial charge in [0.05, 0.1) is 13.2 Å². The highest BCUT2D eigenvalue weighted by molar-refractivity contribution is 5.22. The van der Waals surface area contributed by atoms with Gasteiger partial charge in [-0.05, 0) is 55.7 Å². The minimum Gasteiger partial charge on any atom is -0.352 e. The van der Waals surface area contributed by atoms with Crippen LogP contribution in [0.2, 0.25) is 0 Å². The summed E-state index contributed by atoms with van der Waals surface area (Å²) in [5.41, 5.74) is 0.913. The molecule has 0 amide bonds. The zero-order valence-corrected chi connectivity index (χ0v) is 13.8. The van der Waals surface area contributed by atoms with E-state index in [0.717, 1.165) is 50.9 Å². The Balaban J connectivity index is 1.50. The Morgan fingerprint density at radius 3 is 2.30 bits per heavy atom. The van der Waals surface area contributed by atoms with Crippen molar-refractivity contribution in [1.29, 1.82) is 0 Å². The Morgan fingerprint density at radius 2 is 1.70 bits per heavy atom. The van der Waals surface area contributed by atoms with E-state index in [1.165, 1.54) is 18.6 Å². The first-order chi connectivity index (χ1) is 11.2. The van der Waals surface area contributed by atoms with E-state index in [4.69, 9.17) is 9.47 Å².